The van der Waals surface area contributed by atoms with Crippen LogP contribution >= 0.6 is 0 Å². The van der Waals surface area contributed by atoms with Gasteiger partial charge in [-0.15, -0.1) is 0 Å². The van der Waals surface area contributed by atoms with Crippen LogP contribution in [0.3, 0.4) is 0 Å². The summed E-state index contributed by atoms with van der Waals surface area (Å²) in [7, 11) is 3.82. The Morgan fingerprint density at radius 3 is 2.44 bits per heavy atom. The molecule has 1 saturated heterocycles. The molecule has 0 saturated carbocycles. The number of anilines is 2. The van der Waals surface area contributed by atoms with E-state index < -0.39 is 0 Å². The van der Waals surface area contributed by atoms with E-state index >= 15 is 0 Å². The quantitative estimate of drug-likeness (QED) is 0.836. The maximum Gasteiger partial charge on any atom is 0.229 e. The predicted molar refractivity (Wildman–Crippen MR) is 110 cm³/mol. The molecule has 7 heteroatoms. The third-order valence-corrected chi connectivity index (χ3v) is 4.86. The molecular formula is C20H29N7. The monoisotopic (exact) mass is 367 g/mol. The summed E-state index contributed by atoms with van der Waals surface area (Å²) in [6.07, 6.45) is 4.43. The first kappa shape index (κ1) is 19.3. The van der Waals surface area contributed by atoms with E-state index in [-0.39, 0.29) is 12.0 Å². The molecule has 1 aliphatic heterocycles. The van der Waals surface area contributed by atoms with E-state index in [4.69, 9.17) is 5.73 Å². The highest BCUT2D eigenvalue weighted by molar-refractivity contribution is 5.48. The largest absolute Gasteiger partial charge is 0.368 e. The van der Waals surface area contributed by atoms with Crippen molar-refractivity contribution in [3.63, 3.8) is 0 Å². The number of benzene rings is 1. The van der Waals surface area contributed by atoms with E-state index in [0.29, 0.717) is 5.95 Å². The van der Waals surface area contributed by atoms with Gasteiger partial charge in [0, 0.05) is 46.8 Å². The fourth-order valence-corrected chi connectivity index (χ4v) is 3.18. The molecule has 1 fully saturated rings. The maximum absolute atomic E-state index is 5.87. The van der Waals surface area contributed by atoms with Gasteiger partial charge in [0.05, 0.1) is 6.04 Å². The minimum atomic E-state index is 0.121. The molecule has 2 aromatic rings. The van der Waals surface area contributed by atoms with Crippen molar-refractivity contribution in [2.24, 2.45) is 0 Å². The lowest BCUT2D eigenvalue weighted by Gasteiger charge is -2.37. The molecule has 1 aliphatic rings. The van der Waals surface area contributed by atoms with Gasteiger partial charge in [0.1, 0.15) is 0 Å². The number of nitrogens with two attached hydrogens (primary N) is 1. The van der Waals surface area contributed by atoms with Crippen molar-refractivity contribution in [1.82, 2.24) is 24.8 Å². The summed E-state index contributed by atoms with van der Waals surface area (Å²) in [4.78, 5) is 19.8. The number of rotatable bonds is 6. The van der Waals surface area contributed by atoms with Crippen molar-refractivity contribution in [3.05, 3.63) is 47.8 Å². The fourth-order valence-electron chi connectivity index (χ4n) is 3.18. The SMILES string of the molecule is CC(c1nc(N)nc(N(C)C)n1)N1CCN(C/C=C/c2ccccc2)CC1. The van der Waals surface area contributed by atoms with Gasteiger partial charge in [0.2, 0.25) is 11.9 Å². The minimum Gasteiger partial charge on any atom is -0.368 e. The second-order valence-electron chi connectivity index (χ2n) is 7.07. The van der Waals surface area contributed by atoms with Gasteiger partial charge in [-0.25, -0.2) is 0 Å². The molecular weight excluding hydrogens is 338 g/mol. The molecule has 0 radical (unpaired) electrons. The Kier molecular flexibility index (Phi) is 6.36. The highest BCUT2D eigenvalue weighted by atomic mass is 15.3. The summed E-state index contributed by atoms with van der Waals surface area (Å²) < 4.78 is 0. The van der Waals surface area contributed by atoms with Crippen LogP contribution in [0.1, 0.15) is 24.4 Å². The van der Waals surface area contributed by atoms with E-state index in [2.05, 4.69) is 68.1 Å². The standard InChI is InChI=1S/C20H29N7/c1-16(18-22-19(21)24-20(23-18)25(2)3)27-14-12-26(13-15-27)11-7-10-17-8-5-4-6-9-17/h4-10,16H,11-15H2,1-3H3,(H2,21,22,23,24)/b10-7+. The van der Waals surface area contributed by atoms with Gasteiger partial charge in [-0.2, -0.15) is 15.0 Å². The zero-order chi connectivity index (χ0) is 19.2. The summed E-state index contributed by atoms with van der Waals surface area (Å²) in [6, 6.07) is 10.5. The van der Waals surface area contributed by atoms with Gasteiger partial charge in [-0.3, -0.25) is 9.80 Å². The second-order valence-corrected chi connectivity index (χ2v) is 7.07. The number of piperazine rings is 1. The molecule has 2 heterocycles. The number of nitrogens with zero attached hydrogens (tertiary/aromatic N) is 6. The summed E-state index contributed by atoms with van der Waals surface area (Å²) in [5.74, 6) is 1.62. The van der Waals surface area contributed by atoms with Crippen molar-refractivity contribution in [3.8, 4) is 0 Å². The lowest BCUT2D eigenvalue weighted by atomic mass is 10.2. The highest BCUT2D eigenvalue weighted by Gasteiger charge is 2.24. The fraction of sp³-hybridized carbons (Fsp3) is 0.450. The smallest absolute Gasteiger partial charge is 0.229 e. The van der Waals surface area contributed by atoms with Crippen LogP contribution < -0.4 is 10.6 Å². The first-order valence-corrected chi connectivity index (χ1v) is 9.39. The van der Waals surface area contributed by atoms with Crippen LogP contribution in [0.4, 0.5) is 11.9 Å². The van der Waals surface area contributed by atoms with E-state index in [1.807, 2.05) is 25.1 Å². The van der Waals surface area contributed by atoms with Gasteiger partial charge in [0.15, 0.2) is 5.82 Å². The second kappa shape index (κ2) is 8.92. The normalized spacial score (nSPS) is 17.3. The molecule has 1 aromatic heterocycles. The summed E-state index contributed by atoms with van der Waals surface area (Å²) >= 11 is 0. The van der Waals surface area contributed by atoms with Gasteiger partial charge in [-0.1, -0.05) is 42.5 Å². The van der Waals surface area contributed by atoms with Crippen LogP contribution in [-0.4, -0.2) is 71.6 Å². The van der Waals surface area contributed by atoms with Gasteiger partial charge in [0.25, 0.3) is 0 Å². The van der Waals surface area contributed by atoms with E-state index in [1.54, 1.807) is 0 Å². The Labute approximate surface area is 161 Å². The van der Waals surface area contributed by atoms with Crippen molar-refractivity contribution in [2.45, 2.75) is 13.0 Å². The predicted octanol–water partition coefficient (Wildman–Crippen LogP) is 1.91. The average Bonchev–Trinajstić information content (AvgIpc) is 2.68. The van der Waals surface area contributed by atoms with E-state index in [1.165, 1.54) is 5.56 Å². The van der Waals surface area contributed by atoms with Crippen LogP contribution in [0.15, 0.2) is 36.4 Å². The number of aromatic nitrogens is 3. The van der Waals surface area contributed by atoms with Crippen LogP contribution in [0.5, 0.6) is 0 Å². The van der Waals surface area contributed by atoms with E-state index in [9.17, 15) is 0 Å². The van der Waals surface area contributed by atoms with Crippen LogP contribution in [0, 0.1) is 0 Å². The Bertz CT molecular complexity index is 752. The molecule has 2 N–H and O–H groups in total. The first-order valence-electron chi connectivity index (χ1n) is 9.39. The van der Waals surface area contributed by atoms with Crippen LogP contribution in [0.2, 0.25) is 0 Å². The van der Waals surface area contributed by atoms with Crippen molar-refractivity contribution < 1.29 is 0 Å². The Hall–Kier alpha value is -2.51. The molecule has 0 aliphatic carbocycles. The zero-order valence-corrected chi connectivity index (χ0v) is 16.4. The number of hydrogen-bond donors (Lipinski definition) is 1. The maximum atomic E-state index is 5.87. The third-order valence-electron chi connectivity index (χ3n) is 4.86. The summed E-state index contributed by atoms with van der Waals surface area (Å²) in [6.45, 7) is 7.15. The molecule has 27 heavy (non-hydrogen) atoms. The minimum absolute atomic E-state index is 0.121. The Morgan fingerprint density at radius 2 is 1.78 bits per heavy atom. The molecule has 0 amide bonds. The third kappa shape index (κ3) is 5.24. The van der Waals surface area contributed by atoms with Gasteiger partial charge in [-0.05, 0) is 12.5 Å². The van der Waals surface area contributed by atoms with Crippen molar-refractivity contribution in [1.29, 1.82) is 0 Å². The molecule has 0 spiro atoms. The molecule has 144 valence electrons. The summed E-state index contributed by atoms with van der Waals surface area (Å²) in [5, 5.41) is 0. The Morgan fingerprint density at radius 1 is 1.07 bits per heavy atom. The van der Waals surface area contributed by atoms with Gasteiger partial charge < -0.3 is 10.6 Å². The zero-order valence-electron chi connectivity index (χ0n) is 16.4. The Balaban J connectivity index is 1.53. The van der Waals surface area contributed by atoms with Crippen molar-refractivity contribution >= 4 is 18.0 Å². The van der Waals surface area contributed by atoms with E-state index in [0.717, 1.165) is 38.5 Å². The van der Waals surface area contributed by atoms with Crippen molar-refractivity contribution in [2.75, 3.05) is 57.5 Å². The molecule has 0 bridgehead atoms. The van der Waals surface area contributed by atoms with Gasteiger partial charge >= 0.3 is 0 Å². The first-order chi connectivity index (χ1) is 13.0. The topological polar surface area (TPSA) is 74.4 Å². The van der Waals surface area contributed by atoms with Crippen LogP contribution in [0.25, 0.3) is 6.08 Å². The lowest BCUT2D eigenvalue weighted by Crippen LogP contribution is -2.47. The number of hydrogen-bond acceptors (Lipinski definition) is 7. The molecule has 1 atom stereocenters. The molecule has 7 nitrogen and oxygen atoms in total. The highest BCUT2D eigenvalue weighted by Crippen LogP contribution is 2.20. The molecule has 1 aromatic carbocycles. The lowest BCUT2D eigenvalue weighted by molar-refractivity contribution is 0.107. The summed E-state index contributed by atoms with van der Waals surface area (Å²) in [5.41, 5.74) is 7.11. The average molecular weight is 368 g/mol. The van der Waals surface area contributed by atoms with Crippen LogP contribution in [-0.2, 0) is 0 Å². The molecule has 3 rings (SSSR count). The molecule has 1 unspecified atom stereocenters. The number of nitrogen functional groups attached to an aromatic ring is 1.